The van der Waals surface area contributed by atoms with Crippen molar-refractivity contribution in [3.05, 3.63) is 24.3 Å². The first-order valence-electron chi connectivity index (χ1n) is 6.35. The van der Waals surface area contributed by atoms with Crippen molar-refractivity contribution in [3.8, 4) is 5.75 Å². The van der Waals surface area contributed by atoms with Crippen LogP contribution in [0.4, 0.5) is 5.69 Å². The Morgan fingerprint density at radius 1 is 1.25 bits per heavy atom. The van der Waals surface area contributed by atoms with E-state index in [-0.39, 0.29) is 24.0 Å². The average molecular weight is 298 g/mol. The van der Waals surface area contributed by atoms with E-state index in [2.05, 4.69) is 5.32 Å². The molecule has 6 nitrogen and oxygen atoms in total. The number of nitrogens with one attached hydrogen (secondary N) is 1. The lowest BCUT2D eigenvalue weighted by molar-refractivity contribution is -0.117. The zero-order chi connectivity index (χ0) is 14.6. The molecule has 1 aliphatic rings. The summed E-state index contributed by atoms with van der Waals surface area (Å²) in [7, 11) is -1.32. The number of anilines is 1. The Kier molecular flexibility index (Phi) is 4.61. The molecule has 0 bridgehead atoms. The minimum absolute atomic E-state index is 0.128. The summed E-state index contributed by atoms with van der Waals surface area (Å²) in [5, 5.41) is 2.78. The second-order valence-corrected chi connectivity index (χ2v) is 7.01. The summed E-state index contributed by atoms with van der Waals surface area (Å²) in [4.78, 5) is 13.7. The molecule has 7 heteroatoms. The number of carbonyl (C=O) groups is 1. The lowest BCUT2D eigenvalue weighted by atomic mass is 10.3. The van der Waals surface area contributed by atoms with Crippen molar-refractivity contribution in [1.82, 2.24) is 4.90 Å². The molecule has 1 aliphatic heterocycles. The Morgan fingerprint density at radius 2 is 1.85 bits per heavy atom. The van der Waals surface area contributed by atoms with Gasteiger partial charge in [0.25, 0.3) is 0 Å². The molecule has 20 heavy (non-hydrogen) atoms. The fraction of sp³-hybridized carbons (Fsp3) is 0.462. The minimum Gasteiger partial charge on any atom is -0.497 e. The molecule has 0 unspecified atom stereocenters. The summed E-state index contributed by atoms with van der Waals surface area (Å²) in [6.07, 6.45) is 0. The van der Waals surface area contributed by atoms with Crippen LogP contribution in [0.3, 0.4) is 0 Å². The second kappa shape index (κ2) is 6.23. The number of benzene rings is 1. The summed E-state index contributed by atoms with van der Waals surface area (Å²) >= 11 is 0. The zero-order valence-electron chi connectivity index (χ0n) is 11.3. The summed E-state index contributed by atoms with van der Waals surface area (Å²) in [5.74, 6) is 0.838. The van der Waals surface area contributed by atoms with Crippen molar-refractivity contribution in [2.75, 3.05) is 43.6 Å². The number of sulfone groups is 1. The highest BCUT2D eigenvalue weighted by atomic mass is 32.2. The maximum Gasteiger partial charge on any atom is 0.238 e. The van der Waals surface area contributed by atoms with E-state index in [1.54, 1.807) is 31.4 Å². The number of amides is 1. The van der Waals surface area contributed by atoms with Crippen LogP contribution in [0.1, 0.15) is 0 Å². The van der Waals surface area contributed by atoms with Gasteiger partial charge in [0.1, 0.15) is 5.75 Å². The van der Waals surface area contributed by atoms with Gasteiger partial charge in [-0.2, -0.15) is 0 Å². The number of nitrogens with zero attached hydrogens (tertiary/aromatic N) is 1. The van der Waals surface area contributed by atoms with Gasteiger partial charge in [0.2, 0.25) is 5.91 Å². The summed E-state index contributed by atoms with van der Waals surface area (Å²) < 4.78 is 27.6. The number of ether oxygens (including phenoxy) is 1. The van der Waals surface area contributed by atoms with Gasteiger partial charge in [-0.15, -0.1) is 0 Å². The Balaban J connectivity index is 1.83. The third-order valence-corrected chi connectivity index (χ3v) is 4.79. The van der Waals surface area contributed by atoms with E-state index in [0.717, 1.165) is 5.75 Å². The molecule has 1 amide bonds. The monoisotopic (exact) mass is 298 g/mol. The molecule has 0 atom stereocenters. The van der Waals surface area contributed by atoms with Gasteiger partial charge in [0.15, 0.2) is 9.84 Å². The Hall–Kier alpha value is -1.60. The van der Waals surface area contributed by atoms with Crippen LogP contribution in [0.25, 0.3) is 0 Å². The molecule has 0 radical (unpaired) electrons. The van der Waals surface area contributed by atoms with Crippen molar-refractivity contribution in [3.63, 3.8) is 0 Å². The van der Waals surface area contributed by atoms with E-state index >= 15 is 0 Å². The fourth-order valence-corrected chi connectivity index (χ4v) is 3.26. The molecule has 1 fully saturated rings. The highest BCUT2D eigenvalue weighted by molar-refractivity contribution is 7.91. The predicted molar refractivity (Wildman–Crippen MR) is 76.7 cm³/mol. The number of methoxy groups -OCH3 is 1. The summed E-state index contributed by atoms with van der Waals surface area (Å²) in [5.41, 5.74) is 0.695. The Labute approximate surface area is 118 Å². The van der Waals surface area contributed by atoms with Crippen LogP contribution in [-0.4, -0.2) is 57.5 Å². The van der Waals surface area contributed by atoms with E-state index in [1.165, 1.54) is 0 Å². The molecular weight excluding hydrogens is 280 g/mol. The number of carbonyl (C=O) groups excluding carboxylic acids is 1. The fourth-order valence-electron chi connectivity index (χ4n) is 1.99. The predicted octanol–water partition coefficient (Wildman–Crippen LogP) is 0.364. The van der Waals surface area contributed by atoms with Crippen LogP contribution >= 0.6 is 0 Å². The highest BCUT2D eigenvalue weighted by Gasteiger charge is 2.22. The van der Waals surface area contributed by atoms with E-state index in [4.69, 9.17) is 4.74 Å². The van der Waals surface area contributed by atoms with E-state index in [9.17, 15) is 13.2 Å². The maximum absolute atomic E-state index is 11.9. The SMILES string of the molecule is COc1ccc(NC(=O)CN2CCS(=O)(=O)CC2)cc1. The van der Waals surface area contributed by atoms with E-state index < -0.39 is 9.84 Å². The molecule has 1 aromatic rings. The molecule has 0 aromatic heterocycles. The first-order chi connectivity index (χ1) is 9.48. The lowest BCUT2D eigenvalue weighted by Gasteiger charge is -2.25. The largest absolute Gasteiger partial charge is 0.497 e. The van der Waals surface area contributed by atoms with Gasteiger partial charge in [0.05, 0.1) is 25.2 Å². The van der Waals surface area contributed by atoms with Gasteiger partial charge in [-0.1, -0.05) is 0 Å². The van der Waals surface area contributed by atoms with Gasteiger partial charge in [-0.25, -0.2) is 8.42 Å². The molecule has 110 valence electrons. The lowest BCUT2D eigenvalue weighted by Crippen LogP contribution is -2.43. The van der Waals surface area contributed by atoms with Crippen LogP contribution in [0.15, 0.2) is 24.3 Å². The number of hydrogen-bond donors (Lipinski definition) is 1. The van der Waals surface area contributed by atoms with Crippen molar-refractivity contribution in [2.45, 2.75) is 0 Å². The third kappa shape index (κ3) is 4.21. The van der Waals surface area contributed by atoms with Gasteiger partial charge in [-0.3, -0.25) is 9.69 Å². The van der Waals surface area contributed by atoms with Crippen molar-refractivity contribution in [1.29, 1.82) is 0 Å². The van der Waals surface area contributed by atoms with Crippen LogP contribution in [0.5, 0.6) is 5.75 Å². The zero-order valence-corrected chi connectivity index (χ0v) is 12.1. The molecule has 0 saturated carbocycles. The van der Waals surface area contributed by atoms with Gasteiger partial charge in [-0.05, 0) is 24.3 Å². The molecule has 1 aromatic carbocycles. The first kappa shape index (κ1) is 14.8. The van der Waals surface area contributed by atoms with Gasteiger partial charge < -0.3 is 10.1 Å². The molecule has 1 N–H and O–H groups in total. The molecule has 0 aliphatic carbocycles. The minimum atomic E-state index is -2.91. The normalized spacial score (nSPS) is 18.4. The van der Waals surface area contributed by atoms with Crippen molar-refractivity contribution < 1.29 is 17.9 Å². The Morgan fingerprint density at radius 3 is 2.40 bits per heavy atom. The third-order valence-electron chi connectivity index (χ3n) is 3.18. The van der Waals surface area contributed by atoms with Crippen LogP contribution in [0, 0.1) is 0 Å². The first-order valence-corrected chi connectivity index (χ1v) is 8.17. The van der Waals surface area contributed by atoms with Gasteiger partial charge >= 0.3 is 0 Å². The average Bonchev–Trinajstić information content (AvgIpc) is 2.42. The standard InChI is InChI=1S/C13H18N2O4S/c1-19-12-4-2-11(3-5-12)14-13(16)10-15-6-8-20(17,18)9-7-15/h2-5H,6-10H2,1H3,(H,14,16). The molecular formula is C13H18N2O4S. The Bertz CT molecular complexity index is 555. The maximum atomic E-state index is 11.9. The van der Waals surface area contributed by atoms with Crippen LogP contribution in [0.2, 0.25) is 0 Å². The van der Waals surface area contributed by atoms with Crippen molar-refractivity contribution in [2.24, 2.45) is 0 Å². The molecule has 2 rings (SSSR count). The smallest absolute Gasteiger partial charge is 0.238 e. The van der Waals surface area contributed by atoms with Crippen molar-refractivity contribution >= 4 is 21.4 Å². The van der Waals surface area contributed by atoms with Crippen LogP contribution in [-0.2, 0) is 14.6 Å². The summed E-state index contributed by atoms with van der Waals surface area (Å²) in [6.45, 7) is 1.04. The van der Waals surface area contributed by atoms with E-state index in [0.29, 0.717) is 18.8 Å². The molecule has 0 spiro atoms. The second-order valence-electron chi connectivity index (χ2n) is 4.70. The highest BCUT2D eigenvalue weighted by Crippen LogP contribution is 2.15. The number of hydrogen-bond acceptors (Lipinski definition) is 5. The van der Waals surface area contributed by atoms with E-state index in [1.807, 2.05) is 4.90 Å². The molecule has 1 heterocycles. The molecule has 1 saturated heterocycles. The summed E-state index contributed by atoms with van der Waals surface area (Å²) in [6, 6.07) is 7.06. The quantitative estimate of drug-likeness (QED) is 0.869. The topological polar surface area (TPSA) is 75.7 Å². The van der Waals surface area contributed by atoms with Crippen LogP contribution < -0.4 is 10.1 Å². The number of rotatable bonds is 4. The van der Waals surface area contributed by atoms with Gasteiger partial charge in [0, 0.05) is 18.8 Å².